The van der Waals surface area contributed by atoms with Gasteiger partial charge in [-0.25, -0.2) is 4.79 Å². The quantitative estimate of drug-likeness (QED) is 0.233. The van der Waals surface area contributed by atoms with Crippen LogP contribution in [0.2, 0.25) is 0 Å². The molecule has 3 aromatic carbocycles. The van der Waals surface area contributed by atoms with E-state index in [2.05, 4.69) is 0 Å². The number of nitrogens with zero attached hydrogens (tertiary/aromatic N) is 2. The molecule has 5 rings (SSSR count). The third-order valence-electron chi connectivity index (χ3n) is 7.02. The molecule has 1 amide bonds. The number of aliphatic hydroxyl groups excluding tert-OH is 1. The summed E-state index contributed by atoms with van der Waals surface area (Å²) in [5.74, 6) is -1.76. The second-order valence-electron chi connectivity index (χ2n) is 9.26. The number of amides is 1. The standard InChI is InChI=1S/C30H28N2O6/c1-4-18-8-10-19(11-9-18)26-25(27(33)20-12-13-24-23(17-20)31(2)14-15-38-24)28(34)29(35)32(26)22-7-5-6-21(16-22)30(36)37-3/h5-13,16-17,26,33H,4,14-15H2,1-3H3/b27-25-. The number of ketones is 1. The van der Waals surface area contributed by atoms with E-state index in [1.165, 1.54) is 18.1 Å². The average molecular weight is 513 g/mol. The van der Waals surface area contributed by atoms with Gasteiger partial charge in [0, 0.05) is 18.3 Å². The first kappa shape index (κ1) is 25.1. The van der Waals surface area contributed by atoms with Crippen molar-refractivity contribution >= 4 is 34.8 Å². The van der Waals surface area contributed by atoms with Crippen molar-refractivity contribution < 1.29 is 29.0 Å². The fraction of sp³-hybridized carbons (Fsp3) is 0.233. The minimum atomic E-state index is -0.904. The normalized spacial score (nSPS) is 18.2. The molecule has 8 heteroatoms. The van der Waals surface area contributed by atoms with Gasteiger partial charge in [0.15, 0.2) is 0 Å². The van der Waals surface area contributed by atoms with Gasteiger partial charge in [0.1, 0.15) is 18.1 Å². The smallest absolute Gasteiger partial charge is 0.337 e. The monoisotopic (exact) mass is 512 g/mol. The van der Waals surface area contributed by atoms with Crippen LogP contribution in [0.4, 0.5) is 11.4 Å². The van der Waals surface area contributed by atoms with Crippen molar-refractivity contribution in [2.24, 2.45) is 0 Å². The first-order valence-corrected chi connectivity index (χ1v) is 12.4. The first-order valence-electron chi connectivity index (χ1n) is 12.4. The van der Waals surface area contributed by atoms with Crippen LogP contribution in [0.3, 0.4) is 0 Å². The topological polar surface area (TPSA) is 96.4 Å². The number of ether oxygens (including phenoxy) is 2. The molecule has 0 aromatic heterocycles. The number of hydrogen-bond donors (Lipinski definition) is 1. The Kier molecular flexibility index (Phi) is 6.63. The molecule has 0 saturated carbocycles. The number of hydrogen-bond acceptors (Lipinski definition) is 7. The number of esters is 1. The summed E-state index contributed by atoms with van der Waals surface area (Å²) < 4.78 is 10.6. The summed E-state index contributed by atoms with van der Waals surface area (Å²) in [6.45, 7) is 3.27. The molecule has 1 atom stereocenters. The molecule has 38 heavy (non-hydrogen) atoms. The molecular formula is C30H28N2O6. The van der Waals surface area contributed by atoms with Crippen molar-refractivity contribution in [3.63, 3.8) is 0 Å². The number of carbonyl (C=O) groups is 3. The van der Waals surface area contributed by atoms with Crippen LogP contribution in [0.15, 0.2) is 72.3 Å². The van der Waals surface area contributed by atoms with E-state index < -0.39 is 23.7 Å². The molecule has 0 aliphatic carbocycles. The Bertz CT molecular complexity index is 1460. The van der Waals surface area contributed by atoms with Gasteiger partial charge in [0.2, 0.25) is 0 Å². The Balaban J connectivity index is 1.69. The van der Waals surface area contributed by atoms with Crippen LogP contribution in [0, 0.1) is 0 Å². The van der Waals surface area contributed by atoms with Gasteiger partial charge in [-0.05, 0) is 53.9 Å². The zero-order valence-electron chi connectivity index (χ0n) is 21.4. The fourth-order valence-electron chi connectivity index (χ4n) is 4.90. The van der Waals surface area contributed by atoms with Gasteiger partial charge in [-0.3, -0.25) is 14.5 Å². The molecule has 8 nitrogen and oxygen atoms in total. The van der Waals surface area contributed by atoms with Crippen molar-refractivity contribution in [1.82, 2.24) is 0 Å². The maximum absolute atomic E-state index is 13.5. The molecule has 2 heterocycles. The van der Waals surface area contributed by atoms with Gasteiger partial charge in [-0.2, -0.15) is 0 Å². The number of methoxy groups -OCH3 is 1. The largest absolute Gasteiger partial charge is 0.507 e. The highest BCUT2D eigenvalue weighted by Gasteiger charge is 2.47. The van der Waals surface area contributed by atoms with Gasteiger partial charge in [0.25, 0.3) is 11.7 Å². The fourth-order valence-corrected chi connectivity index (χ4v) is 4.90. The van der Waals surface area contributed by atoms with E-state index >= 15 is 0 Å². The molecule has 0 spiro atoms. The van der Waals surface area contributed by atoms with Gasteiger partial charge in [-0.15, -0.1) is 0 Å². The number of carbonyl (C=O) groups excluding carboxylic acids is 3. The van der Waals surface area contributed by atoms with E-state index in [1.54, 1.807) is 36.4 Å². The van der Waals surface area contributed by atoms with E-state index in [9.17, 15) is 19.5 Å². The van der Waals surface area contributed by atoms with Crippen LogP contribution in [-0.2, 0) is 20.7 Å². The molecule has 0 bridgehead atoms. The van der Waals surface area contributed by atoms with Crippen LogP contribution < -0.4 is 14.5 Å². The molecule has 2 aliphatic heterocycles. The van der Waals surface area contributed by atoms with Crippen molar-refractivity contribution in [2.45, 2.75) is 19.4 Å². The Morgan fingerprint density at radius 3 is 2.53 bits per heavy atom. The SMILES string of the molecule is CCc1ccc(C2/C(=C(/O)c3ccc4c(c3)N(C)CCO4)C(=O)C(=O)N2c2cccc(C(=O)OC)c2)cc1. The van der Waals surface area contributed by atoms with Gasteiger partial charge >= 0.3 is 5.97 Å². The number of aryl methyl sites for hydroxylation is 1. The van der Waals surface area contributed by atoms with Gasteiger partial charge in [-0.1, -0.05) is 37.3 Å². The third kappa shape index (κ3) is 4.28. The Labute approximate surface area is 220 Å². The first-order chi connectivity index (χ1) is 18.3. The average Bonchev–Trinajstić information content (AvgIpc) is 3.22. The van der Waals surface area contributed by atoms with E-state index in [1.807, 2.05) is 43.1 Å². The number of aliphatic hydroxyl groups is 1. The molecule has 1 fully saturated rings. The summed E-state index contributed by atoms with van der Waals surface area (Å²) in [5, 5.41) is 11.5. The van der Waals surface area contributed by atoms with Crippen LogP contribution >= 0.6 is 0 Å². The highest BCUT2D eigenvalue weighted by Crippen LogP contribution is 2.43. The molecule has 0 radical (unpaired) electrons. The van der Waals surface area contributed by atoms with Crippen molar-refractivity contribution in [3.05, 3.63) is 94.6 Å². The Morgan fingerprint density at radius 2 is 1.82 bits per heavy atom. The summed E-state index contributed by atoms with van der Waals surface area (Å²) in [6, 6.07) is 18.2. The van der Waals surface area contributed by atoms with Crippen LogP contribution in [-0.4, -0.2) is 50.1 Å². The maximum Gasteiger partial charge on any atom is 0.337 e. The second kappa shape index (κ2) is 10.0. The lowest BCUT2D eigenvalue weighted by molar-refractivity contribution is -0.132. The molecule has 1 unspecified atom stereocenters. The van der Waals surface area contributed by atoms with Crippen molar-refractivity contribution in [1.29, 1.82) is 0 Å². The summed E-state index contributed by atoms with van der Waals surface area (Å²) in [5.41, 5.74) is 3.49. The molecule has 194 valence electrons. The molecule has 1 N–H and O–H groups in total. The number of rotatable bonds is 5. The number of Topliss-reactive ketones (excluding diaryl/α,β-unsaturated/α-hetero) is 1. The van der Waals surface area contributed by atoms with E-state index in [-0.39, 0.29) is 16.9 Å². The second-order valence-corrected chi connectivity index (χ2v) is 9.26. The number of fused-ring (bicyclic) bond motifs is 1. The van der Waals surface area contributed by atoms with E-state index in [0.717, 1.165) is 17.7 Å². The number of likely N-dealkylation sites (N-methyl/N-ethyl adjacent to an activating group) is 1. The lowest BCUT2D eigenvalue weighted by atomic mass is 9.94. The highest BCUT2D eigenvalue weighted by atomic mass is 16.5. The minimum absolute atomic E-state index is 0.0259. The van der Waals surface area contributed by atoms with Gasteiger partial charge < -0.3 is 19.5 Å². The van der Waals surface area contributed by atoms with Crippen molar-refractivity contribution in [2.75, 3.05) is 37.1 Å². The van der Waals surface area contributed by atoms with Gasteiger partial charge in [0.05, 0.1) is 36.5 Å². The minimum Gasteiger partial charge on any atom is -0.507 e. The highest BCUT2D eigenvalue weighted by molar-refractivity contribution is 6.51. The molecular weight excluding hydrogens is 484 g/mol. The number of benzene rings is 3. The zero-order valence-corrected chi connectivity index (χ0v) is 21.4. The number of anilines is 2. The van der Waals surface area contributed by atoms with Crippen LogP contribution in [0.25, 0.3) is 5.76 Å². The zero-order chi connectivity index (χ0) is 27.0. The lowest BCUT2D eigenvalue weighted by Gasteiger charge is -2.28. The maximum atomic E-state index is 13.5. The lowest BCUT2D eigenvalue weighted by Crippen LogP contribution is -2.29. The van der Waals surface area contributed by atoms with E-state index in [0.29, 0.717) is 35.7 Å². The summed E-state index contributed by atoms with van der Waals surface area (Å²) in [4.78, 5) is 42.5. The summed E-state index contributed by atoms with van der Waals surface area (Å²) in [7, 11) is 3.20. The predicted molar refractivity (Wildman–Crippen MR) is 144 cm³/mol. The van der Waals surface area contributed by atoms with Crippen LogP contribution in [0.5, 0.6) is 5.75 Å². The summed E-state index contributed by atoms with van der Waals surface area (Å²) in [6.07, 6.45) is 0.826. The van der Waals surface area contributed by atoms with Crippen LogP contribution in [0.1, 0.15) is 40.0 Å². The van der Waals surface area contributed by atoms with Crippen molar-refractivity contribution in [3.8, 4) is 5.75 Å². The van der Waals surface area contributed by atoms with E-state index in [4.69, 9.17) is 9.47 Å². The predicted octanol–water partition coefficient (Wildman–Crippen LogP) is 4.49. The Morgan fingerprint density at radius 1 is 1.05 bits per heavy atom. The summed E-state index contributed by atoms with van der Waals surface area (Å²) >= 11 is 0. The molecule has 1 saturated heterocycles. The third-order valence-corrected chi connectivity index (χ3v) is 7.02. The molecule has 3 aromatic rings. The Hall–Kier alpha value is -4.59. The molecule has 2 aliphatic rings.